The van der Waals surface area contributed by atoms with Crippen molar-refractivity contribution < 1.29 is 14.0 Å². The summed E-state index contributed by atoms with van der Waals surface area (Å²) in [5, 5.41) is 15.0. The van der Waals surface area contributed by atoms with E-state index in [0.29, 0.717) is 28.2 Å². The molecule has 3 aromatic rings. The number of thioether (sulfide) groups is 1. The van der Waals surface area contributed by atoms with Crippen LogP contribution in [0.4, 0.5) is 10.1 Å². The molecule has 0 radical (unpaired) electrons. The number of hydrogen-bond acceptors (Lipinski definition) is 5. The molecule has 0 aliphatic rings. The Balaban J connectivity index is 1.63. The summed E-state index contributed by atoms with van der Waals surface area (Å²) in [6, 6.07) is 12.1. The normalized spacial score (nSPS) is 11.7. The van der Waals surface area contributed by atoms with Crippen molar-refractivity contribution in [2.24, 2.45) is 0 Å². The van der Waals surface area contributed by atoms with Gasteiger partial charge in [-0.05, 0) is 50.2 Å². The molecule has 0 saturated carbocycles. The van der Waals surface area contributed by atoms with Crippen molar-refractivity contribution >= 4 is 40.9 Å². The highest BCUT2D eigenvalue weighted by atomic mass is 35.5. The first kappa shape index (κ1) is 22.8. The Bertz CT molecular complexity index is 1070. The maximum Gasteiger partial charge on any atom is 0.254 e. The number of anilines is 1. The minimum absolute atomic E-state index is 0.0367. The summed E-state index contributed by atoms with van der Waals surface area (Å²) < 4.78 is 15.7. The van der Waals surface area contributed by atoms with Crippen LogP contribution >= 0.6 is 23.4 Å². The van der Waals surface area contributed by atoms with Crippen LogP contribution in [0, 0.1) is 5.82 Å². The summed E-state index contributed by atoms with van der Waals surface area (Å²) in [5.41, 5.74) is 0.613. The van der Waals surface area contributed by atoms with Gasteiger partial charge in [0.05, 0.1) is 17.4 Å². The fraction of sp³-hybridized carbons (Fsp3) is 0.238. The van der Waals surface area contributed by atoms with E-state index in [-0.39, 0.29) is 17.2 Å². The SMILES string of the molecule is CCn1c(SCC(=O)Nc2ccc(Cl)cc2)nnc1[C@@H](C)NC(=O)c1ccccc1F. The number of amides is 2. The van der Waals surface area contributed by atoms with Crippen LogP contribution in [0.15, 0.2) is 53.7 Å². The van der Waals surface area contributed by atoms with Crippen LogP contribution in [0.3, 0.4) is 0 Å². The number of aromatic nitrogens is 3. The van der Waals surface area contributed by atoms with Crippen molar-refractivity contribution in [3.63, 3.8) is 0 Å². The largest absolute Gasteiger partial charge is 0.342 e. The van der Waals surface area contributed by atoms with Gasteiger partial charge in [-0.3, -0.25) is 9.59 Å². The van der Waals surface area contributed by atoms with Gasteiger partial charge in [0.1, 0.15) is 5.82 Å². The van der Waals surface area contributed by atoms with E-state index in [1.807, 2.05) is 11.5 Å². The molecule has 0 saturated heterocycles. The van der Waals surface area contributed by atoms with Crippen LogP contribution in [0.1, 0.15) is 36.1 Å². The molecular weight excluding hydrogens is 441 g/mol. The van der Waals surface area contributed by atoms with Crippen LogP contribution in [0.2, 0.25) is 5.02 Å². The first-order valence-electron chi connectivity index (χ1n) is 9.55. The van der Waals surface area contributed by atoms with E-state index < -0.39 is 17.8 Å². The highest BCUT2D eigenvalue weighted by molar-refractivity contribution is 7.99. The van der Waals surface area contributed by atoms with Gasteiger partial charge in [0.25, 0.3) is 5.91 Å². The Kier molecular flexibility index (Phi) is 7.64. The fourth-order valence-corrected chi connectivity index (χ4v) is 3.80. The van der Waals surface area contributed by atoms with Crippen LogP contribution in [-0.2, 0) is 11.3 Å². The number of carbonyl (C=O) groups is 2. The first-order valence-corrected chi connectivity index (χ1v) is 10.9. The minimum Gasteiger partial charge on any atom is -0.342 e. The third-order valence-corrected chi connectivity index (χ3v) is 5.59. The summed E-state index contributed by atoms with van der Waals surface area (Å²) in [7, 11) is 0. The lowest BCUT2D eigenvalue weighted by Gasteiger charge is -2.15. The maximum absolute atomic E-state index is 13.9. The monoisotopic (exact) mass is 461 g/mol. The molecule has 0 unspecified atom stereocenters. The van der Waals surface area contributed by atoms with Gasteiger partial charge < -0.3 is 15.2 Å². The molecule has 10 heteroatoms. The van der Waals surface area contributed by atoms with Crippen molar-refractivity contribution in [3.05, 3.63) is 70.8 Å². The van der Waals surface area contributed by atoms with Crippen molar-refractivity contribution in [3.8, 4) is 0 Å². The van der Waals surface area contributed by atoms with Gasteiger partial charge >= 0.3 is 0 Å². The molecule has 0 aliphatic heterocycles. The molecule has 0 bridgehead atoms. The Labute approximate surface area is 188 Å². The third-order valence-electron chi connectivity index (χ3n) is 4.38. The number of halogens is 2. The molecule has 31 heavy (non-hydrogen) atoms. The zero-order valence-electron chi connectivity index (χ0n) is 16.9. The van der Waals surface area contributed by atoms with E-state index >= 15 is 0 Å². The highest BCUT2D eigenvalue weighted by Gasteiger charge is 2.21. The average molecular weight is 462 g/mol. The summed E-state index contributed by atoms with van der Waals surface area (Å²) in [6.07, 6.45) is 0. The molecule has 3 rings (SSSR count). The number of benzene rings is 2. The number of carbonyl (C=O) groups excluding carboxylic acids is 2. The van der Waals surface area contributed by atoms with E-state index in [1.165, 1.54) is 30.0 Å². The third kappa shape index (κ3) is 5.83. The fourth-order valence-electron chi connectivity index (χ4n) is 2.87. The minimum atomic E-state index is -0.591. The Morgan fingerprint density at radius 1 is 1.16 bits per heavy atom. The zero-order valence-corrected chi connectivity index (χ0v) is 18.5. The van der Waals surface area contributed by atoms with Crippen molar-refractivity contribution in [1.82, 2.24) is 20.1 Å². The molecule has 0 fully saturated rings. The van der Waals surface area contributed by atoms with E-state index in [0.717, 1.165) is 0 Å². The molecule has 2 N–H and O–H groups in total. The predicted molar refractivity (Wildman–Crippen MR) is 119 cm³/mol. The number of rotatable bonds is 8. The first-order chi connectivity index (χ1) is 14.9. The van der Waals surface area contributed by atoms with Crippen LogP contribution in [0.5, 0.6) is 0 Å². The molecular formula is C21H21ClFN5O2S. The number of nitrogens with one attached hydrogen (secondary N) is 2. The van der Waals surface area contributed by atoms with Gasteiger partial charge in [-0.2, -0.15) is 0 Å². The van der Waals surface area contributed by atoms with Gasteiger partial charge in [0.2, 0.25) is 5.91 Å². The van der Waals surface area contributed by atoms with Gasteiger partial charge in [0, 0.05) is 17.3 Å². The standard InChI is InChI=1S/C21H21ClFN5O2S/c1-3-28-19(13(2)24-20(30)16-6-4-5-7-17(16)23)26-27-21(28)31-12-18(29)25-15-10-8-14(22)9-11-15/h4-11,13H,3,12H2,1-2H3,(H,24,30)(H,25,29)/t13-/m1/s1. The van der Waals surface area contributed by atoms with Crippen LogP contribution < -0.4 is 10.6 Å². The molecule has 2 aromatic carbocycles. The van der Waals surface area contributed by atoms with Gasteiger partial charge in [-0.1, -0.05) is 35.5 Å². The predicted octanol–water partition coefficient (Wildman–Crippen LogP) is 4.31. The lowest BCUT2D eigenvalue weighted by atomic mass is 10.2. The van der Waals surface area contributed by atoms with Crippen LogP contribution in [-0.4, -0.2) is 32.3 Å². The molecule has 0 spiro atoms. The Hall–Kier alpha value is -2.91. The van der Waals surface area contributed by atoms with E-state index in [2.05, 4.69) is 20.8 Å². The van der Waals surface area contributed by atoms with Crippen molar-refractivity contribution in [2.45, 2.75) is 31.6 Å². The lowest BCUT2D eigenvalue weighted by Crippen LogP contribution is -2.29. The summed E-state index contributed by atoms with van der Waals surface area (Å²) in [5.74, 6) is -0.662. The second-order valence-corrected chi connectivity index (χ2v) is 7.98. The summed E-state index contributed by atoms with van der Waals surface area (Å²) in [6.45, 7) is 4.20. The molecule has 162 valence electrons. The van der Waals surface area contributed by atoms with Crippen molar-refractivity contribution in [1.29, 1.82) is 0 Å². The second-order valence-electron chi connectivity index (χ2n) is 6.60. The highest BCUT2D eigenvalue weighted by Crippen LogP contribution is 2.22. The van der Waals surface area contributed by atoms with Gasteiger partial charge in [-0.15, -0.1) is 10.2 Å². The molecule has 7 nitrogen and oxygen atoms in total. The molecule has 2 amide bonds. The smallest absolute Gasteiger partial charge is 0.254 e. The van der Waals surface area contributed by atoms with Crippen molar-refractivity contribution in [2.75, 3.05) is 11.1 Å². The number of nitrogens with zero attached hydrogens (tertiary/aromatic N) is 3. The molecule has 1 aromatic heterocycles. The van der Waals surface area contributed by atoms with Crippen LogP contribution in [0.25, 0.3) is 0 Å². The molecule has 1 atom stereocenters. The maximum atomic E-state index is 13.9. The Morgan fingerprint density at radius 2 is 1.87 bits per heavy atom. The molecule has 1 heterocycles. The average Bonchev–Trinajstić information content (AvgIpc) is 3.17. The quantitative estimate of drug-likeness (QED) is 0.488. The second kappa shape index (κ2) is 10.4. The summed E-state index contributed by atoms with van der Waals surface area (Å²) in [4.78, 5) is 24.6. The van der Waals surface area contributed by atoms with E-state index in [9.17, 15) is 14.0 Å². The molecule has 0 aliphatic carbocycles. The Morgan fingerprint density at radius 3 is 2.55 bits per heavy atom. The topological polar surface area (TPSA) is 88.9 Å². The lowest BCUT2D eigenvalue weighted by molar-refractivity contribution is -0.113. The van der Waals surface area contributed by atoms with E-state index in [4.69, 9.17) is 11.6 Å². The van der Waals surface area contributed by atoms with Gasteiger partial charge in [0.15, 0.2) is 11.0 Å². The number of hydrogen-bond donors (Lipinski definition) is 2. The summed E-state index contributed by atoms with van der Waals surface area (Å²) >= 11 is 7.08. The van der Waals surface area contributed by atoms with Gasteiger partial charge in [-0.25, -0.2) is 4.39 Å². The zero-order chi connectivity index (χ0) is 22.4. The van der Waals surface area contributed by atoms with E-state index in [1.54, 1.807) is 37.3 Å².